The van der Waals surface area contributed by atoms with Crippen LogP contribution in [-0.4, -0.2) is 24.4 Å². The molecule has 0 aromatic carbocycles. The van der Waals surface area contributed by atoms with Crippen molar-refractivity contribution in [1.82, 2.24) is 0 Å². The van der Waals surface area contributed by atoms with E-state index in [2.05, 4.69) is 25.1 Å². The van der Waals surface area contributed by atoms with Crippen LogP contribution >= 0.6 is 0 Å². The second-order valence-corrected chi connectivity index (χ2v) is 9.37. The summed E-state index contributed by atoms with van der Waals surface area (Å²) < 4.78 is 0. The van der Waals surface area contributed by atoms with Gasteiger partial charge in [0.25, 0.3) is 0 Å². The molecule has 0 saturated heterocycles. The number of hydrogen-bond donors (Lipinski definition) is 1. The van der Waals surface area contributed by atoms with Gasteiger partial charge in [-0.05, 0) is 74.5 Å². The van der Waals surface area contributed by atoms with E-state index >= 15 is 0 Å². The van der Waals surface area contributed by atoms with Gasteiger partial charge in [0, 0.05) is 6.21 Å². The van der Waals surface area contributed by atoms with E-state index < -0.39 is 11.4 Å². The van der Waals surface area contributed by atoms with Gasteiger partial charge in [-0.15, -0.1) is 0 Å². The first-order chi connectivity index (χ1) is 11.8. The van der Waals surface area contributed by atoms with Gasteiger partial charge in [-0.25, -0.2) is 0 Å². The Bertz CT molecular complexity index is 598. The fraction of sp³-hybridized carbons (Fsp3) is 0.810. The molecule has 140 valence electrons. The summed E-state index contributed by atoms with van der Waals surface area (Å²) in [5, 5.41) is 13.8. The van der Waals surface area contributed by atoms with Gasteiger partial charge >= 0.3 is 5.97 Å². The third-order valence-electron chi connectivity index (χ3n) is 7.64. The summed E-state index contributed by atoms with van der Waals surface area (Å²) in [7, 11) is 1.59. The van der Waals surface area contributed by atoms with E-state index in [-0.39, 0.29) is 16.7 Å². The molecular weight excluding hydrogens is 314 g/mol. The van der Waals surface area contributed by atoms with Gasteiger partial charge in [-0.2, -0.15) is 0 Å². The van der Waals surface area contributed by atoms with E-state index in [1.54, 1.807) is 12.7 Å². The van der Waals surface area contributed by atoms with Crippen molar-refractivity contribution in [2.75, 3.05) is 7.11 Å². The highest BCUT2D eigenvalue weighted by Crippen LogP contribution is 2.63. The number of carbonyl (C=O) groups is 1. The Morgan fingerprint density at radius 3 is 2.80 bits per heavy atom. The van der Waals surface area contributed by atoms with Crippen LogP contribution in [0.3, 0.4) is 0 Å². The molecule has 0 aliphatic heterocycles. The molecular formula is C21H33NO3. The summed E-state index contributed by atoms with van der Waals surface area (Å²) >= 11 is 0. The minimum absolute atomic E-state index is 0.0657. The average molecular weight is 347 g/mol. The second-order valence-electron chi connectivity index (χ2n) is 9.37. The maximum atomic E-state index is 12.0. The normalized spacial score (nSPS) is 43.9. The molecule has 3 rings (SSSR count). The SMILES string of the molecule is CO/N=C/C[C@@]1(C)CC=C2C(CCC3[C@](C)(C(=O)O)CCC[C@@]23C)C1. The van der Waals surface area contributed by atoms with Crippen LogP contribution in [-0.2, 0) is 9.63 Å². The van der Waals surface area contributed by atoms with Crippen LogP contribution in [0.1, 0.15) is 72.1 Å². The number of nitrogens with zero attached hydrogens (tertiary/aromatic N) is 1. The number of aliphatic carboxylic acids is 1. The zero-order valence-electron chi connectivity index (χ0n) is 16.2. The monoisotopic (exact) mass is 347 g/mol. The Kier molecular flexibility index (Phi) is 4.76. The minimum Gasteiger partial charge on any atom is -0.481 e. The molecule has 2 unspecified atom stereocenters. The van der Waals surface area contributed by atoms with Crippen LogP contribution in [0.2, 0.25) is 0 Å². The molecule has 2 saturated carbocycles. The Balaban J connectivity index is 1.87. The smallest absolute Gasteiger partial charge is 0.309 e. The van der Waals surface area contributed by atoms with Crippen LogP contribution in [0.25, 0.3) is 0 Å². The lowest BCUT2D eigenvalue weighted by Crippen LogP contribution is -2.52. The molecule has 3 aliphatic rings. The van der Waals surface area contributed by atoms with Gasteiger partial charge < -0.3 is 9.94 Å². The first kappa shape index (κ1) is 18.5. The summed E-state index contributed by atoms with van der Waals surface area (Å²) in [6, 6.07) is 0. The lowest BCUT2D eigenvalue weighted by atomic mass is 9.46. The van der Waals surface area contributed by atoms with Gasteiger partial charge in [0.05, 0.1) is 5.41 Å². The van der Waals surface area contributed by atoms with Crippen molar-refractivity contribution >= 4 is 12.2 Å². The maximum Gasteiger partial charge on any atom is 0.309 e. The zero-order valence-corrected chi connectivity index (χ0v) is 16.2. The molecule has 25 heavy (non-hydrogen) atoms. The summed E-state index contributed by atoms with van der Waals surface area (Å²) in [5.41, 5.74) is 1.31. The standard InChI is InChI=1S/C21H33NO3/c1-19(12-13-22-25-4)11-8-16-15(14-19)6-7-17-20(16,2)9-5-10-21(17,3)18(23)24/h8,13,15,17H,5-7,9-12,14H2,1-4H3,(H,23,24)/b22-13+/t15?,17?,19-,20+,21-/m1/s1. The quantitative estimate of drug-likeness (QED) is 0.440. The lowest BCUT2D eigenvalue weighted by Gasteiger charge is -2.58. The van der Waals surface area contributed by atoms with Gasteiger partial charge in [-0.1, -0.05) is 37.1 Å². The zero-order chi connectivity index (χ0) is 18.3. The highest BCUT2D eigenvalue weighted by molar-refractivity contribution is 5.75. The minimum atomic E-state index is -0.598. The highest BCUT2D eigenvalue weighted by Gasteiger charge is 2.57. The van der Waals surface area contributed by atoms with Gasteiger partial charge in [0.2, 0.25) is 0 Å². The molecule has 5 atom stereocenters. The maximum absolute atomic E-state index is 12.0. The molecule has 3 aliphatic carbocycles. The van der Waals surface area contributed by atoms with Gasteiger partial charge in [0.15, 0.2) is 0 Å². The predicted molar refractivity (Wildman–Crippen MR) is 99.5 cm³/mol. The van der Waals surface area contributed by atoms with Crippen LogP contribution < -0.4 is 0 Å². The van der Waals surface area contributed by atoms with Crippen molar-refractivity contribution < 1.29 is 14.7 Å². The largest absolute Gasteiger partial charge is 0.481 e. The lowest BCUT2D eigenvalue weighted by molar-refractivity contribution is -0.160. The molecule has 0 spiro atoms. The van der Waals surface area contributed by atoms with E-state index in [1.165, 1.54) is 6.42 Å². The van der Waals surface area contributed by atoms with Crippen molar-refractivity contribution in [2.45, 2.75) is 72.1 Å². The van der Waals surface area contributed by atoms with Crippen LogP contribution in [0, 0.1) is 28.1 Å². The fourth-order valence-electron chi connectivity index (χ4n) is 6.25. The topological polar surface area (TPSA) is 58.9 Å². The van der Waals surface area contributed by atoms with Crippen LogP contribution in [0.5, 0.6) is 0 Å². The predicted octanol–water partition coefficient (Wildman–Crippen LogP) is 5.04. The van der Waals surface area contributed by atoms with Crippen molar-refractivity contribution in [3.05, 3.63) is 11.6 Å². The van der Waals surface area contributed by atoms with Gasteiger partial charge in [0.1, 0.15) is 7.11 Å². The first-order valence-electron chi connectivity index (χ1n) is 9.74. The molecule has 4 nitrogen and oxygen atoms in total. The summed E-state index contributed by atoms with van der Waals surface area (Å²) in [5.74, 6) is 0.277. The number of allylic oxidation sites excluding steroid dienone is 2. The molecule has 0 aromatic heterocycles. The number of carboxylic acid groups (broad SMARTS) is 1. The number of carboxylic acids is 1. The van der Waals surface area contributed by atoms with E-state index in [4.69, 9.17) is 4.84 Å². The fourth-order valence-corrected chi connectivity index (χ4v) is 6.25. The van der Waals surface area contributed by atoms with Gasteiger partial charge in [-0.3, -0.25) is 4.79 Å². The Hall–Kier alpha value is -1.32. The number of oxime groups is 1. The number of rotatable bonds is 4. The average Bonchev–Trinajstić information content (AvgIpc) is 2.54. The van der Waals surface area contributed by atoms with Crippen molar-refractivity contribution in [1.29, 1.82) is 0 Å². The molecule has 0 bridgehead atoms. The van der Waals surface area contributed by atoms with E-state index in [0.29, 0.717) is 5.92 Å². The number of fused-ring (bicyclic) bond motifs is 3. The molecule has 0 aromatic rings. The second kappa shape index (κ2) is 6.44. The molecule has 1 N–H and O–H groups in total. The highest BCUT2D eigenvalue weighted by atomic mass is 16.6. The Morgan fingerprint density at radius 2 is 2.12 bits per heavy atom. The van der Waals surface area contributed by atoms with Crippen molar-refractivity contribution in [3.8, 4) is 0 Å². The molecule has 0 radical (unpaired) electrons. The van der Waals surface area contributed by atoms with E-state index in [9.17, 15) is 9.90 Å². The molecule has 0 amide bonds. The van der Waals surface area contributed by atoms with Crippen molar-refractivity contribution in [3.63, 3.8) is 0 Å². The summed E-state index contributed by atoms with van der Waals surface area (Å²) in [6.07, 6.45) is 12.7. The van der Waals surface area contributed by atoms with Crippen LogP contribution in [0.15, 0.2) is 16.8 Å². The molecule has 4 heteroatoms. The Labute approximate surface area is 151 Å². The third-order valence-corrected chi connectivity index (χ3v) is 7.64. The number of hydrogen-bond acceptors (Lipinski definition) is 3. The third kappa shape index (κ3) is 3.02. The summed E-state index contributed by atoms with van der Waals surface area (Å²) in [4.78, 5) is 16.9. The van der Waals surface area contributed by atoms with E-state index in [0.717, 1.165) is 44.9 Å². The first-order valence-corrected chi connectivity index (χ1v) is 9.74. The summed E-state index contributed by atoms with van der Waals surface area (Å²) in [6.45, 7) is 6.69. The van der Waals surface area contributed by atoms with E-state index in [1.807, 2.05) is 13.1 Å². The Morgan fingerprint density at radius 1 is 1.36 bits per heavy atom. The molecule has 2 fully saturated rings. The molecule has 0 heterocycles. The van der Waals surface area contributed by atoms with Crippen LogP contribution in [0.4, 0.5) is 0 Å². The van der Waals surface area contributed by atoms with Crippen molar-refractivity contribution in [2.24, 2.45) is 33.2 Å².